The normalized spacial score (nSPS) is 20.6. The van der Waals surface area contributed by atoms with Gasteiger partial charge in [-0.15, -0.1) is 0 Å². The van der Waals surface area contributed by atoms with Crippen LogP contribution in [-0.4, -0.2) is 63.3 Å². The van der Waals surface area contributed by atoms with Gasteiger partial charge >= 0.3 is 6.09 Å². The molecule has 2 unspecified atom stereocenters. The zero-order valence-electron chi connectivity index (χ0n) is 20.8. The highest BCUT2D eigenvalue weighted by atomic mass is 16.5. The molecule has 2 amide bonds. The third kappa shape index (κ3) is 5.45. The number of hydrogen-bond acceptors (Lipinski definition) is 4. The minimum absolute atomic E-state index is 0.135. The van der Waals surface area contributed by atoms with Gasteiger partial charge < -0.3 is 24.7 Å². The maximum absolute atomic E-state index is 13.9. The number of ether oxygens (including phenoxy) is 1. The molecule has 0 spiro atoms. The van der Waals surface area contributed by atoms with Crippen LogP contribution in [0.5, 0.6) is 5.75 Å². The monoisotopic (exact) mass is 480 g/mol. The molecule has 0 bridgehead atoms. The van der Waals surface area contributed by atoms with Gasteiger partial charge in [0.2, 0.25) is 5.91 Å². The highest BCUT2D eigenvalue weighted by molar-refractivity contribution is 5.86. The third-order valence-electron chi connectivity index (χ3n) is 7.40. The molecule has 2 aromatic rings. The molecule has 0 radical (unpaired) electrons. The van der Waals surface area contributed by atoms with Gasteiger partial charge in [0, 0.05) is 19.6 Å². The molecule has 7 heteroatoms. The fraction of sp³-hybridized carbons (Fsp3) is 0.500. The van der Waals surface area contributed by atoms with Crippen molar-refractivity contribution in [1.29, 1.82) is 0 Å². The average molecular weight is 481 g/mol. The first-order valence-corrected chi connectivity index (χ1v) is 12.4. The van der Waals surface area contributed by atoms with Crippen molar-refractivity contribution in [3.63, 3.8) is 0 Å². The van der Waals surface area contributed by atoms with E-state index in [9.17, 15) is 19.8 Å². The Morgan fingerprint density at radius 3 is 2.26 bits per heavy atom. The van der Waals surface area contributed by atoms with Crippen LogP contribution in [0.4, 0.5) is 4.79 Å². The molecular formula is C28H36N2O5. The van der Waals surface area contributed by atoms with Crippen molar-refractivity contribution in [2.75, 3.05) is 19.6 Å². The van der Waals surface area contributed by atoms with Gasteiger partial charge in [-0.25, -0.2) is 4.79 Å². The Balaban J connectivity index is 1.52. The number of piperazine rings is 1. The lowest BCUT2D eigenvalue weighted by molar-refractivity contribution is -0.148. The minimum atomic E-state index is -1.08. The lowest BCUT2D eigenvalue weighted by atomic mass is 9.68. The van der Waals surface area contributed by atoms with Crippen molar-refractivity contribution in [3.05, 3.63) is 65.7 Å². The first-order valence-electron chi connectivity index (χ1n) is 12.4. The summed E-state index contributed by atoms with van der Waals surface area (Å²) < 4.78 is 5.90. The molecule has 1 saturated carbocycles. The lowest BCUT2D eigenvalue weighted by Crippen LogP contribution is -2.62. The van der Waals surface area contributed by atoms with Crippen LogP contribution >= 0.6 is 0 Å². The zero-order valence-corrected chi connectivity index (χ0v) is 20.8. The van der Waals surface area contributed by atoms with Crippen molar-refractivity contribution in [2.24, 2.45) is 5.41 Å². The van der Waals surface area contributed by atoms with Gasteiger partial charge in [0.15, 0.2) is 0 Å². The molecule has 2 fully saturated rings. The number of carbonyl (C=O) groups is 2. The molecular weight excluding hydrogens is 444 g/mol. The second kappa shape index (κ2) is 9.90. The van der Waals surface area contributed by atoms with Gasteiger partial charge in [-0.2, -0.15) is 0 Å². The lowest BCUT2D eigenvalue weighted by Gasteiger charge is -2.49. The maximum atomic E-state index is 13.9. The molecule has 0 aromatic heterocycles. The first-order chi connectivity index (χ1) is 16.6. The molecule has 2 atom stereocenters. The highest BCUT2D eigenvalue weighted by Gasteiger charge is 2.49. The number of hydrogen-bond donors (Lipinski definition) is 2. The Hall–Kier alpha value is -3.06. The topological polar surface area (TPSA) is 90.3 Å². The van der Waals surface area contributed by atoms with E-state index < -0.39 is 17.6 Å². The first kappa shape index (κ1) is 25.0. The quantitative estimate of drug-likeness (QED) is 0.635. The molecule has 2 aliphatic rings. The summed E-state index contributed by atoms with van der Waals surface area (Å²) in [5.74, 6) is -0.117. The second-order valence-corrected chi connectivity index (χ2v) is 10.9. The number of carbonyl (C=O) groups excluding carboxylic acids is 1. The smallest absolute Gasteiger partial charge is 0.407 e. The van der Waals surface area contributed by atoms with Crippen LogP contribution < -0.4 is 4.74 Å². The van der Waals surface area contributed by atoms with Gasteiger partial charge in [0.25, 0.3) is 0 Å². The van der Waals surface area contributed by atoms with Gasteiger partial charge in [-0.05, 0) is 47.9 Å². The van der Waals surface area contributed by atoms with Crippen LogP contribution in [0, 0.1) is 5.41 Å². The number of carboxylic acid groups (broad SMARTS) is 1. The van der Waals surface area contributed by atoms with E-state index in [1.807, 2.05) is 75.4 Å². The number of benzene rings is 2. The molecule has 1 aliphatic carbocycles. The van der Waals surface area contributed by atoms with Crippen LogP contribution in [-0.2, 0) is 11.4 Å². The number of amides is 2. The van der Waals surface area contributed by atoms with E-state index in [0.717, 1.165) is 17.5 Å². The van der Waals surface area contributed by atoms with Crippen LogP contribution in [0.25, 0.3) is 0 Å². The van der Waals surface area contributed by atoms with Crippen LogP contribution in [0.2, 0.25) is 0 Å². The van der Waals surface area contributed by atoms with Crippen molar-refractivity contribution >= 4 is 12.0 Å². The van der Waals surface area contributed by atoms with Crippen LogP contribution in [0.3, 0.4) is 0 Å². The Labute approximate surface area is 207 Å². The Morgan fingerprint density at radius 2 is 1.71 bits per heavy atom. The van der Waals surface area contributed by atoms with Gasteiger partial charge in [-0.3, -0.25) is 4.79 Å². The summed E-state index contributed by atoms with van der Waals surface area (Å²) in [7, 11) is 0. The average Bonchev–Trinajstić information content (AvgIpc) is 2.82. The summed E-state index contributed by atoms with van der Waals surface area (Å²) in [6.07, 6.45) is 1.08. The van der Waals surface area contributed by atoms with Crippen molar-refractivity contribution in [1.82, 2.24) is 9.80 Å². The second-order valence-electron chi connectivity index (χ2n) is 10.9. The molecule has 188 valence electrons. The third-order valence-corrected chi connectivity index (χ3v) is 7.40. The van der Waals surface area contributed by atoms with Gasteiger partial charge in [-0.1, -0.05) is 63.2 Å². The van der Waals surface area contributed by atoms with E-state index in [0.29, 0.717) is 38.3 Å². The maximum Gasteiger partial charge on any atom is 0.407 e. The molecule has 1 aliphatic heterocycles. The van der Waals surface area contributed by atoms with E-state index in [1.165, 1.54) is 4.90 Å². The van der Waals surface area contributed by atoms with Crippen molar-refractivity contribution < 1.29 is 24.5 Å². The molecule has 1 heterocycles. The molecule has 35 heavy (non-hydrogen) atoms. The summed E-state index contributed by atoms with van der Waals surface area (Å²) in [4.78, 5) is 28.8. The van der Waals surface area contributed by atoms with E-state index in [-0.39, 0.29) is 23.9 Å². The number of aliphatic hydroxyl groups is 1. The molecule has 7 nitrogen and oxygen atoms in total. The highest BCUT2D eigenvalue weighted by Crippen LogP contribution is 2.45. The van der Waals surface area contributed by atoms with Crippen molar-refractivity contribution in [3.8, 4) is 5.75 Å². The Bertz CT molecular complexity index is 1030. The minimum Gasteiger partial charge on any atom is -0.489 e. The Kier molecular flexibility index (Phi) is 7.08. The van der Waals surface area contributed by atoms with E-state index in [4.69, 9.17) is 4.74 Å². The number of rotatable bonds is 6. The molecule has 2 aromatic carbocycles. The van der Waals surface area contributed by atoms with E-state index in [2.05, 4.69) is 0 Å². The predicted octanol–water partition coefficient (Wildman–Crippen LogP) is 4.50. The fourth-order valence-corrected chi connectivity index (χ4v) is 5.14. The van der Waals surface area contributed by atoms with E-state index >= 15 is 0 Å². The number of nitrogens with zero attached hydrogens (tertiary/aromatic N) is 2. The van der Waals surface area contributed by atoms with Crippen LogP contribution in [0.15, 0.2) is 54.6 Å². The van der Waals surface area contributed by atoms with E-state index in [1.54, 1.807) is 4.90 Å². The summed E-state index contributed by atoms with van der Waals surface area (Å²) in [5.41, 5.74) is 0.433. The SMILES string of the molecule is CC(C)(C)C1CN(C(=O)C(c2ccc(OCc3ccccc3)cc2)C2(O)CCC2)CCN1C(=O)O. The molecule has 1 saturated heterocycles. The summed E-state index contributed by atoms with van der Waals surface area (Å²) in [5, 5.41) is 21.0. The zero-order chi connectivity index (χ0) is 25.2. The summed E-state index contributed by atoms with van der Waals surface area (Å²) in [6.45, 7) is 7.34. The standard InChI is InChI=1S/C28H36N2O5/c1-27(2,3)23-18-29(16-17-30(23)26(32)33)25(31)24(28(34)14-7-15-28)21-10-12-22(13-11-21)35-19-20-8-5-4-6-9-20/h4-6,8-13,23-24,34H,7,14-19H2,1-3H3,(H,32,33). The van der Waals surface area contributed by atoms with Gasteiger partial charge in [0.05, 0.1) is 17.6 Å². The summed E-state index contributed by atoms with van der Waals surface area (Å²) in [6, 6.07) is 17.0. The summed E-state index contributed by atoms with van der Waals surface area (Å²) >= 11 is 0. The molecule has 2 N–H and O–H groups in total. The molecule has 4 rings (SSSR count). The van der Waals surface area contributed by atoms with Crippen LogP contribution in [0.1, 0.15) is 57.1 Å². The largest absolute Gasteiger partial charge is 0.489 e. The van der Waals surface area contributed by atoms with Crippen molar-refractivity contribution in [2.45, 2.75) is 64.2 Å². The Morgan fingerprint density at radius 1 is 1.06 bits per heavy atom. The van der Waals surface area contributed by atoms with Gasteiger partial charge in [0.1, 0.15) is 12.4 Å². The fourth-order valence-electron chi connectivity index (χ4n) is 5.14. The predicted molar refractivity (Wildman–Crippen MR) is 133 cm³/mol.